The van der Waals surface area contributed by atoms with Crippen LogP contribution in [-0.2, 0) is 4.79 Å². The number of hydrogen-bond donors (Lipinski definition) is 0. The highest BCUT2D eigenvalue weighted by Crippen LogP contribution is 2.32. The zero-order valence-corrected chi connectivity index (χ0v) is 20.5. The van der Waals surface area contributed by atoms with Gasteiger partial charge in [-0.25, -0.2) is 0 Å². The number of carbonyl (C=O) groups is 1. The van der Waals surface area contributed by atoms with E-state index < -0.39 is 0 Å². The molecule has 9 nitrogen and oxygen atoms in total. The number of aromatic nitrogens is 4. The molecule has 0 radical (unpaired) electrons. The molecule has 2 saturated heterocycles. The van der Waals surface area contributed by atoms with Crippen LogP contribution in [0.2, 0.25) is 0 Å². The van der Waals surface area contributed by atoms with Gasteiger partial charge in [-0.05, 0) is 68.0 Å². The first-order valence-corrected chi connectivity index (χ1v) is 12.3. The van der Waals surface area contributed by atoms with Crippen LogP contribution in [-0.4, -0.2) is 75.0 Å². The summed E-state index contributed by atoms with van der Waals surface area (Å²) in [6.07, 6.45) is 4.13. The van der Waals surface area contributed by atoms with Crippen LogP contribution in [0.1, 0.15) is 69.9 Å². The van der Waals surface area contributed by atoms with E-state index in [9.17, 15) is 4.79 Å². The Morgan fingerprint density at radius 1 is 1.12 bits per heavy atom. The minimum Gasteiger partial charge on any atom is -0.497 e. The molecule has 2 fully saturated rings. The maximum Gasteiger partial charge on any atom is 0.291 e. The first kappa shape index (κ1) is 22.8. The molecule has 0 atom stereocenters. The van der Waals surface area contributed by atoms with Gasteiger partial charge in [0.1, 0.15) is 5.75 Å². The third-order valence-electron chi connectivity index (χ3n) is 7.39. The summed E-state index contributed by atoms with van der Waals surface area (Å²) in [5.74, 6) is 2.70. The monoisotopic (exact) mass is 466 g/mol. The lowest BCUT2D eigenvalue weighted by Gasteiger charge is -2.41. The molecule has 4 heterocycles. The Hall–Kier alpha value is -2.94. The lowest BCUT2D eigenvalue weighted by molar-refractivity contribution is -0.130. The number of nitrogens with zero attached hydrogens (tertiary/aromatic N) is 6. The summed E-state index contributed by atoms with van der Waals surface area (Å²) in [6.45, 7) is 9.71. The summed E-state index contributed by atoms with van der Waals surface area (Å²) in [5, 5.41) is 10.2. The van der Waals surface area contributed by atoms with Crippen molar-refractivity contribution < 1.29 is 14.1 Å². The lowest BCUT2D eigenvalue weighted by Crippen LogP contribution is -2.48. The van der Waals surface area contributed by atoms with Crippen LogP contribution < -0.4 is 4.74 Å². The van der Waals surface area contributed by atoms with Crippen LogP contribution in [0, 0.1) is 0 Å². The minimum absolute atomic E-state index is 0.189. The molecule has 2 aliphatic heterocycles. The highest BCUT2D eigenvalue weighted by Gasteiger charge is 2.31. The van der Waals surface area contributed by atoms with Gasteiger partial charge in [-0.15, -0.1) is 0 Å². The fourth-order valence-corrected chi connectivity index (χ4v) is 5.36. The molecule has 9 heteroatoms. The Morgan fingerprint density at radius 2 is 1.85 bits per heavy atom. The Labute approximate surface area is 200 Å². The van der Waals surface area contributed by atoms with Crippen LogP contribution in [0.25, 0.3) is 16.9 Å². The minimum atomic E-state index is 0.189. The van der Waals surface area contributed by atoms with E-state index in [-0.39, 0.29) is 17.7 Å². The van der Waals surface area contributed by atoms with Gasteiger partial charge in [0, 0.05) is 37.4 Å². The maximum atomic E-state index is 11.6. The largest absolute Gasteiger partial charge is 0.497 e. The highest BCUT2D eigenvalue weighted by atomic mass is 16.5. The second-order valence-electron chi connectivity index (χ2n) is 9.81. The van der Waals surface area contributed by atoms with E-state index in [1.54, 1.807) is 18.7 Å². The number of piperidine rings is 2. The summed E-state index contributed by atoms with van der Waals surface area (Å²) in [6, 6.07) is 6.52. The first-order valence-electron chi connectivity index (χ1n) is 12.3. The maximum absolute atomic E-state index is 11.6. The van der Waals surface area contributed by atoms with Crippen LogP contribution in [0.5, 0.6) is 5.75 Å². The van der Waals surface area contributed by atoms with Gasteiger partial charge >= 0.3 is 0 Å². The Kier molecular flexibility index (Phi) is 6.29. The third kappa shape index (κ3) is 4.29. The van der Waals surface area contributed by atoms with Crippen molar-refractivity contribution >= 4 is 16.8 Å². The van der Waals surface area contributed by atoms with Gasteiger partial charge in [-0.2, -0.15) is 14.8 Å². The number of rotatable bonds is 5. The molecule has 1 aromatic carbocycles. The van der Waals surface area contributed by atoms with Crippen LogP contribution in [0.15, 0.2) is 22.7 Å². The van der Waals surface area contributed by atoms with E-state index in [1.807, 2.05) is 23.1 Å². The van der Waals surface area contributed by atoms with Crippen LogP contribution in [0.4, 0.5) is 0 Å². The Balaban J connectivity index is 1.28. The van der Waals surface area contributed by atoms with E-state index in [0.717, 1.165) is 74.2 Å². The van der Waals surface area contributed by atoms with Gasteiger partial charge in [0.05, 0.1) is 18.3 Å². The normalized spacial score (nSPS) is 18.8. The molecular formula is C25H34N6O3. The highest BCUT2D eigenvalue weighted by molar-refractivity contribution is 5.85. The molecule has 0 aliphatic carbocycles. The number of ether oxygens (including phenoxy) is 1. The van der Waals surface area contributed by atoms with Crippen molar-refractivity contribution in [2.75, 3.05) is 33.3 Å². The van der Waals surface area contributed by atoms with Crippen molar-refractivity contribution in [1.82, 2.24) is 29.7 Å². The van der Waals surface area contributed by atoms with Gasteiger partial charge in [0.25, 0.3) is 5.95 Å². The number of fused-ring (bicyclic) bond motifs is 1. The standard InChI is InChI=1S/C25H34N6O3/c1-16(2)23-21-15-20(33-4)5-6-22(21)31(27-23)25-26-24(34-28-25)18-7-11-30(12-8-18)19-9-13-29(14-10-19)17(3)32/h5-6,15-16,18-19H,7-14H2,1-4H3. The average Bonchev–Trinajstić information content (AvgIpc) is 3.49. The molecule has 3 aromatic rings. The van der Waals surface area contributed by atoms with Crippen molar-refractivity contribution in [2.45, 2.75) is 64.3 Å². The topological polar surface area (TPSA) is 89.5 Å². The molecule has 34 heavy (non-hydrogen) atoms. The Morgan fingerprint density at radius 3 is 2.50 bits per heavy atom. The number of carbonyl (C=O) groups excluding carboxylic acids is 1. The summed E-state index contributed by atoms with van der Waals surface area (Å²) >= 11 is 0. The van der Waals surface area contributed by atoms with E-state index in [4.69, 9.17) is 19.3 Å². The first-order chi connectivity index (χ1) is 16.4. The smallest absolute Gasteiger partial charge is 0.291 e. The average molecular weight is 467 g/mol. The summed E-state index contributed by atoms with van der Waals surface area (Å²) < 4.78 is 12.9. The van der Waals surface area contributed by atoms with E-state index in [0.29, 0.717) is 17.9 Å². The molecule has 182 valence electrons. The van der Waals surface area contributed by atoms with E-state index in [1.165, 1.54) is 0 Å². The SMILES string of the molecule is COc1ccc2c(c1)c(C(C)C)nn2-c1noc(C2CCN(C3CCN(C(C)=O)CC3)CC2)n1. The third-order valence-corrected chi connectivity index (χ3v) is 7.39. The molecule has 2 aromatic heterocycles. The zero-order valence-electron chi connectivity index (χ0n) is 20.5. The fourth-order valence-electron chi connectivity index (χ4n) is 5.36. The number of methoxy groups -OCH3 is 1. The Bertz CT molecular complexity index is 1150. The molecule has 0 bridgehead atoms. The van der Waals surface area contributed by atoms with Gasteiger partial charge in [0.2, 0.25) is 11.8 Å². The quantitative estimate of drug-likeness (QED) is 0.566. The van der Waals surface area contributed by atoms with E-state index >= 15 is 0 Å². The van der Waals surface area contributed by atoms with Crippen molar-refractivity contribution in [1.29, 1.82) is 0 Å². The van der Waals surface area contributed by atoms with Gasteiger partial charge < -0.3 is 19.1 Å². The molecule has 5 rings (SSSR count). The molecular weight excluding hydrogens is 432 g/mol. The second kappa shape index (κ2) is 9.37. The predicted molar refractivity (Wildman–Crippen MR) is 128 cm³/mol. The fraction of sp³-hybridized carbons (Fsp3) is 0.600. The number of benzene rings is 1. The zero-order chi connectivity index (χ0) is 23.8. The number of amides is 1. The molecule has 2 aliphatic rings. The number of hydrogen-bond acceptors (Lipinski definition) is 7. The molecule has 0 N–H and O–H groups in total. The molecule has 0 unspecified atom stereocenters. The van der Waals surface area contributed by atoms with Crippen LogP contribution >= 0.6 is 0 Å². The van der Waals surface area contributed by atoms with E-state index in [2.05, 4.69) is 23.9 Å². The van der Waals surface area contributed by atoms with Gasteiger partial charge in [-0.1, -0.05) is 13.8 Å². The summed E-state index contributed by atoms with van der Waals surface area (Å²) in [4.78, 5) is 20.9. The summed E-state index contributed by atoms with van der Waals surface area (Å²) in [5.41, 5.74) is 1.94. The van der Waals surface area contributed by atoms with Crippen molar-refractivity contribution in [3.05, 3.63) is 29.8 Å². The lowest BCUT2D eigenvalue weighted by atomic mass is 9.93. The van der Waals surface area contributed by atoms with Crippen LogP contribution in [0.3, 0.4) is 0 Å². The van der Waals surface area contributed by atoms with Crippen molar-refractivity contribution in [3.8, 4) is 11.7 Å². The van der Waals surface area contributed by atoms with Gasteiger partial charge in [-0.3, -0.25) is 4.79 Å². The molecule has 0 spiro atoms. The second-order valence-corrected chi connectivity index (χ2v) is 9.81. The van der Waals surface area contributed by atoms with Gasteiger partial charge in [0.15, 0.2) is 0 Å². The van der Waals surface area contributed by atoms with Crippen molar-refractivity contribution in [2.24, 2.45) is 0 Å². The number of likely N-dealkylation sites (tertiary alicyclic amines) is 2. The molecule has 0 saturated carbocycles. The van der Waals surface area contributed by atoms with Crippen molar-refractivity contribution in [3.63, 3.8) is 0 Å². The predicted octanol–water partition coefficient (Wildman–Crippen LogP) is 3.73. The molecule has 1 amide bonds. The summed E-state index contributed by atoms with van der Waals surface area (Å²) in [7, 11) is 1.67.